The number of aromatic amines is 2. The van der Waals surface area contributed by atoms with Gasteiger partial charge in [-0.3, -0.25) is 20.1 Å². The smallest absolute Gasteiger partial charge is 0.156 e. The summed E-state index contributed by atoms with van der Waals surface area (Å²) < 4.78 is 0. The first-order valence-corrected chi connectivity index (χ1v) is 8.51. The molecule has 0 spiro atoms. The maximum Gasteiger partial charge on any atom is 0.156 e. The Labute approximate surface area is 154 Å². The fraction of sp³-hybridized carbons (Fsp3) is 0.0500. The molecule has 0 radical (unpaired) electrons. The molecule has 0 bridgehead atoms. The van der Waals surface area contributed by atoms with Gasteiger partial charge in [0.15, 0.2) is 5.82 Å². The quantitative estimate of drug-likeness (QED) is 0.514. The lowest BCUT2D eigenvalue weighted by molar-refractivity contribution is 1.08. The van der Waals surface area contributed by atoms with Gasteiger partial charge in [0, 0.05) is 35.9 Å². The molecule has 0 aliphatic rings. The summed E-state index contributed by atoms with van der Waals surface area (Å²) in [4.78, 5) is 21.0. The van der Waals surface area contributed by atoms with Crippen LogP contribution in [0.3, 0.4) is 0 Å². The molecule has 5 aromatic rings. The summed E-state index contributed by atoms with van der Waals surface area (Å²) in [6, 6.07) is 9.72. The number of nitrogens with zero attached hydrogens (tertiary/aromatic N) is 5. The number of rotatable bonds is 3. The Hall–Kier alpha value is -3.87. The van der Waals surface area contributed by atoms with Crippen LogP contribution in [0, 0.1) is 6.92 Å². The molecular formula is C20H15N7. The van der Waals surface area contributed by atoms with Gasteiger partial charge in [-0.05, 0) is 36.8 Å². The number of imidazole rings is 1. The van der Waals surface area contributed by atoms with Crippen molar-refractivity contribution in [3.8, 4) is 34.0 Å². The van der Waals surface area contributed by atoms with Crippen molar-refractivity contribution in [3.63, 3.8) is 0 Å². The summed E-state index contributed by atoms with van der Waals surface area (Å²) in [6.07, 6.45) is 8.90. The third kappa shape index (κ3) is 2.65. The Morgan fingerprint density at radius 1 is 0.889 bits per heavy atom. The molecule has 0 fully saturated rings. The molecule has 2 N–H and O–H groups in total. The van der Waals surface area contributed by atoms with E-state index < -0.39 is 0 Å². The summed E-state index contributed by atoms with van der Waals surface area (Å²) in [5.41, 5.74) is 7.15. The average molecular weight is 353 g/mol. The van der Waals surface area contributed by atoms with E-state index in [1.54, 1.807) is 24.8 Å². The van der Waals surface area contributed by atoms with Crippen LogP contribution in [-0.2, 0) is 0 Å². The Morgan fingerprint density at radius 3 is 2.67 bits per heavy atom. The number of nitrogens with one attached hydrogen (secondary N) is 2. The summed E-state index contributed by atoms with van der Waals surface area (Å²) in [5.74, 6) is 0.704. The van der Waals surface area contributed by atoms with E-state index in [1.165, 1.54) is 0 Å². The molecule has 5 rings (SSSR count). The van der Waals surface area contributed by atoms with Crippen molar-refractivity contribution in [2.24, 2.45) is 0 Å². The zero-order chi connectivity index (χ0) is 18.2. The SMILES string of the molecule is Cc1ccncc1-c1cc(-c2nc3c(-c4ccccn4)cncc3[nH]2)[nH]n1. The summed E-state index contributed by atoms with van der Waals surface area (Å²) in [5, 5.41) is 7.48. The van der Waals surface area contributed by atoms with Crippen molar-refractivity contribution < 1.29 is 0 Å². The van der Waals surface area contributed by atoms with Crippen molar-refractivity contribution >= 4 is 11.0 Å². The minimum atomic E-state index is 0.704. The van der Waals surface area contributed by atoms with Gasteiger partial charge in [-0.2, -0.15) is 5.10 Å². The van der Waals surface area contributed by atoms with Gasteiger partial charge in [0.1, 0.15) is 11.2 Å². The van der Waals surface area contributed by atoms with Gasteiger partial charge < -0.3 is 4.98 Å². The molecule has 0 unspecified atom stereocenters. The molecule has 0 aromatic carbocycles. The van der Waals surface area contributed by atoms with E-state index in [0.29, 0.717) is 5.82 Å². The normalized spacial score (nSPS) is 11.1. The molecule has 0 saturated carbocycles. The van der Waals surface area contributed by atoms with Gasteiger partial charge in [-0.1, -0.05) is 6.07 Å². The Balaban J connectivity index is 1.60. The van der Waals surface area contributed by atoms with Crippen LogP contribution in [-0.4, -0.2) is 35.1 Å². The van der Waals surface area contributed by atoms with Crippen LogP contribution in [0.5, 0.6) is 0 Å². The molecule has 0 aliphatic carbocycles. The highest BCUT2D eigenvalue weighted by Crippen LogP contribution is 2.29. The second-order valence-corrected chi connectivity index (χ2v) is 6.24. The standard InChI is InChI=1S/C20H15N7/c1-12-5-7-21-9-13(12)16-8-17(27-26-16)20-24-18-11-22-10-14(19(18)25-20)15-4-2-3-6-23-15/h2-11H,1H3,(H,24,25)(H,26,27). The van der Waals surface area contributed by atoms with E-state index in [2.05, 4.69) is 30.1 Å². The zero-order valence-electron chi connectivity index (χ0n) is 14.5. The number of pyridine rings is 3. The van der Waals surface area contributed by atoms with Crippen LogP contribution in [0.2, 0.25) is 0 Å². The topological polar surface area (TPSA) is 96.0 Å². The maximum atomic E-state index is 4.77. The van der Waals surface area contributed by atoms with Crippen LogP contribution in [0.25, 0.3) is 45.1 Å². The lowest BCUT2D eigenvalue weighted by Crippen LogP contribution is -1.85. The summed E-state index contributed by atoms with van der Waals surface area (Å²) in [7, 11) is 0. The molecule has 0 aliphatic heterocycles. The first kappa shape index (κ1) is 15.4. The highest BCUT2D eigenvalue weighted by Gasteiger charge is 2.14. The van der Waals surface area contributed by atoms with E-state index >= 15 is 0 Å². The van der Waals surface area contributed by atoms with Gasteiger partial charge in [0.2, 0.25) is 0 Å². The lowest BCUT2D eigenvalue weighted by atomic mass is 10.1. The van der Waals surface area contributed by atoms with E-state index in [9.17, 15) is 0 Å². The molecule has 0 saturated heterocycles. The van der Waals surface area contributed by atoms with Crippen LogP contribution < -0.4 is 0 Å². The van der Waals surface area contributed by atoms with Crippen LogP contribution in [0.4, 0.5) is 0 Å². The van der Waals surface area contributed by atoms with E-state index in [1.807, 2.05) is 43.5 Å². The minimum absolute atomic E-state index is 0.704. The van der Waals surface area contributed by atoms with E-state index in [4.69, 9.17) is 4.98 Å². The largest absolute Gasteiger partial charge is 0.335 e. The van der Waals surface area contributed by atoms with Crippen molar-refractivity contribution in [1.82, 2.24) is 35.1 Å². The molecule has 5 aromatic heterocycles. The number of hydrogen-bond acceptors (Lipinski definition) is 5. The predicted octanol–water partition coefficient (Wildman–Crippen LogP) is 3.78. The van der Waals surface area contributed by atoms with Gasteiger partial charge in [-0.15, -0.1) is 0 Å². The fourth-order valence-electron chi connectivity index (χ4n) is 3.08. The maximum absolute atomic E-state index is 4.77. The Bertz CT molecular complexity index is 1240. The molecular weight excluding hydrogens is 338 g/mol. The highest BCUT2D eigenvalue weighted by molar-refractivity contribution is 5.91. The second kappa shape index (κ2) is 6.14. The van der Waals surface area contributed by atoms with Crippen LogP contribution in [0.15, 0.2) is 61.3 Å². The lowest BCUT2D eigenvalue weighted by Gasteiger charge is -1.99. The van der Waals surface area contributed by atoms with Gasteiger partial charge in [-0.25, -0.2) is 4.98 Å². The molecule has 0 atom stereocenters. The predicted molar refractivity (Wildman–Crippen MR) is 103 cm³/mol. The van der Waals surface area contributed by atoms with Crippen molar-refractivity contribution in [2.75, 3.05) is 0 Å². The molecule has 5 heterocycles. The Kier molecular flexibility index (Phi) is 3.50. The van der Waals surface area contributed by atoms with Crippen molar-refractivity contribution in [3.05, 3.63) is 66.9 Å². The van der Waals surface area contributed by atoms with E-state index in [-0.39, 0.29) is 0 Å². The summed E-state index contributed by atoms with van der Waals surface area (Å²) >= 11 is 0. The Morgan fingerprint density at radius 2 is 1.81 bits per heavy atom. The van der Waals surface area contributed by atoms with E-state index in [0.717, 1.165) is 44.8 Å². The van der Waals surface area contributed by atoms with Crippen molar-refractivity contribution in [1.29, 1.82) is 0 Å². The van der Waals surface area contributed by atoms with Crippen molar-refractivity contribution in [2.45, 2.75) is 6.92 Å². The second-order valence-electron chi connectivity index (χ2n) is 6.24. The molecule has 7 nitrogen and oxygen atoms in total. The molecule has 130 valence electrons. The van der Waals surface area contributed by atoms with Gasteiger partial charge in [0.05, 0.1) is 23.1 Å². The summed E-state index contributed by atoms with van der Waals surface area (Å²) in [6.45, 7) is 2.04. The third-order valence-corrected chi connectivity index (χ3v) is 4.48. The molecule has 0 amide bonds. The highest BCUT2D eigenvalue weighted by atomic mass is 15.1. The van der Waals surface area contributed by atoms with Gasteiger partial charge in [0.25, 0.3) is 0 Å². The van der Waals surface area contributed by atoms with Gasteiger partial charge >= 0.3 is 0 Å². The molecule has 27 heavy (non-hydrogen) atoms. The monoisotopic (exact) mass is 353 g/mol. The van der Waals surface area contributed by atoms with Crippen LogP contribution >= 0.6 is 0 Å². The first-order valence-electron chi connectivity index (χ1n) is 8.51. The number of aryl methyl sites for hydroxylation is 1. The minimum Gasteiger partial charge on any atom is -0.335 e. The number of aromatic nitrogens is 7. The fourth-order valence-corrected chi connectivity index (χ4v) is 3.08. The molecule has 7 heteroatoms. The average Bonchev–Trinajstić information content (AvgIpc) is 3.36. The number of hydrogen-bond donors (Lipinski definition) is 2. The number of H-pyrrole nitrogens is 2. The number of fused-ring (bicyclic) bond motifs is 1. The first-order chi connectivity index (χ1) is 13.3. The van der Waals surface area contributed by atoms with Crippen LogP contribution in [0.1, 0.15) is 5.56 Å². The third-order valence-electron chi connectivity index (χ3n) is 4.48. The zero-order valence-corrected chi connectivity index (χ0v) is 14.5.